The van der Waals surface area contributed by atoms with Crippen molar-refractivity contribution in [3.8, 4) is 0 Å². The number of pyridine rings is 1. The number of rotatable bonds is 6. The predicted molar refractivity (Wildman–Crippen MR) is 69.2 cm³/mol. The van der Waals surface area contributed by atoms with E-state index in [1.807, 2.05) is 0 Å². The molecule has 0 saturated carbocycles. The molecule has 94 valence electrons. The normalized spacial score (nSPS) is 15.6. The van der Waals surface area contributed by atoms with Crippen LogP contribution in [-0.4, -0.2) is 31.3 Å². The van der Waals surface area contributed by atoms with Gasteiger partial charge in [-0.3, -0.25) is 0 Å². The van der Waals surface area contributed by atoms with E-state index in [0.717, 1.165) is 18.7 Å². The Bertz CT molecular complexity index is 362. The molecular formula is C13H21N3O. The number of ether oxygens (including phenoxy) is 1. The molecule has 0 fully saturated rings. The minimum Gasteiger partial charge on any atom is -0.383 e. The fraction of sp³-hybridized carbons (Fsp3) is 0.615. The number of aryl methyl sites for hydroxylation is 2. The fourth-order valence-electron chi connectivity index (χ4n) is 2.31. The van der Waals surface area contributed by atoms with Crippen molar-refractivity contribution in [1.29, 1.82) is 0 Å². The highest BCUT2D eigenvalue weighted by Crippen LogP contribution is 2.21. The molecule has 2 rings (SSSR count). The van der Waals surface area contributed by atoms with E-state index in [-0.39, 0.29) is 6.04 Å². The molecule has 1 aromatic rings. The van der Waals surface area contributed by atoms with E-state index in [9.17, 15) is 0 Å². The van der Waals surface area contributed by atoms with Gasteiger partial charge in [-0.05, 0) is 43.9 Å². The van der Waals surface area contributed by atoms with Crippen LogP contribution in [-0.2, 0) is 17.6 Å². The van der Waals surface area contributed by atoms with E-state index in [2.05, 4.69) is 22.4 Å². The molecule has 0 bridgehead atoms. The van der Waals surface area contributed by atoms with Gasteiger partial charge in [-0.1, -0.05) is 6.07 Å². The molecule has 1 aliphatic carbocycles. The van der Waals surface area contributed by atoms with Gasteiger partial charge in [0.1, 0.15) is 5.82 Å². The average molecular weight is 235 g/mol. The summed E-state index contributed by atoms with van der Waals surface area (Å²) < 4.78 is 5.18. The van der Waals surface area contributed by atoms with Crippen LogP contribution in [0, 0.1) is 0 Å². The van der Waals surface area contributed by atoms with Crippen molar-refractivity contribution in [2.75, 3.05) is 25.6 Å². The number of aromatic nitrogens is 1. The Balaban J connectivity index is 2.01. The van der Waals surface area contributed by atoms with Crippen LogP contribution in [0.1, 0.15) is 24.1 Å². The van der Waals surface area contributed by atoms with Crippen LogP contribution in [0.5, 0.6) is 0 Å². The molecule has 1 heterocycles. The Hall–Kier alpha value is -1.13. The lowest BCUT2D eigenvalue weighted by molar-refractivity contribution is 0.183. The Kier molecular flexibility index (Phi) is 4.34. The van der Waals surface area contributed by atoms with E-state index in [1.54, 1.807) is 7.11 Å². The Morgan fingerprint density at radius 2 is 2.35 bits per heavy atom. The summed E-state index contributed by atoms with van der Waals surface area (Å²) in [6.45, 7) is 1.32. The second-order valence-corrected chi connectivity index (χ2v) is 4.53. The maximum atomic E-state index is 5.59. The Morgan fingerprint density at radius 1 is 1.47 bits per heavy atom. The third-order valence-corrected chi connectivity index (χ3v) is 3.16. The lowest BCUT2D eigenvalue weighted by atomic mass is 10.2. The Labute approximate surface area is 103 Å². The summed E-state index contributed by atoms with van der Waals surface area (Å²) in [4.78, 5) is 4.65. The van der Waals surface area contributed by atoms with E-state index >= 15 is 0 Å². The van der Waals surface area contributed by atoms with Crippen molar-refractivity contribution in [2.24, 2.45) is 5.73 Å². The van der Waals surface area contributed by atoms with Crippen molar-refractivity contribution in [1.82, 2.24) is 4.98 Å². The van der Waals surface area contributed by atoms with Gasteiger partial charge < -0.3 is 15.8 Å². The maximum Gasteiger partial charge on any atom is 0.126 e. The van der Waals surface area contributed by atoms with Gasteiger partial charge in [-0.2, -0.15) is 0 Å². The number of nitrogens with two attached hydrogens (primary N) is 1. The minimum atomic E-state index is 0.247. The van der Waals surface area contributed by atoms with Crippen LogP contribution in [0.4, 0.5) is 5.82 Å². The van der Waals surface area contributed by atoms with Gasteiger partial charge in [-0.25, -0.2) is 4.98 Å². The molecule has 17 heavy (non-hydrogen) atoms. The molecule has 1 aromatic heterocycles. The first-order chi connectivity index (χ1) is 8.33. The zero-order valence-electron chi connectivity index (χ0n) is 10.4. The lowest BCUT2D eigenvalue weighted by Gasteiger charge is -2.18. The van der Waals surface area contributed by atoms with E-state index in [0.29, 0.717) is 13.2 Å². The molecule has 4 heteroatoms. The number of nitrogens with zero attached hydrogens (tertiary/aromatic N) is 1. The Morgan fingerprint density at radius 3 is 3.12 bits per heavy atom. The van der Waals surface area contributed by atoms with E-state index in [1.165, 1.54) is 24.1 Å². The molecule has 0 aromatic carbocycles. The molecule has 1 unspecified atom stereocenters. The molecule has 0 spiro atoms. The van der Waals surface area contributed by atoms with Crippen LogP contribution >= 0.6 is 0 Å². The smallest absolute Gasteiger partial charge is 0.126 e. The van der Waals surface area contributed by atoms with Crippen molar-refractivity contribution in [3.63, 3.8) is 0 Å². The second-order valence-electron chi connectivity index (χ2n) is 4.53. The van der Waals surface area contributed by atoms with Crippen LogP contribution < -0.4 is 11.1 Å². The standard InChI is InChI=1S/C13H21N3O/c1-17-9-11(7-8-14)15-13-6-5-10-3-2-4-12(10)16-13/h5-6,11H,2-4,7-9,14H2,1H3,(H,15,16). The van der Waals surface area contributed by atoms with Gasteiger partial charge >= 0.3 is 0 Å². The topological polar surface area (TPSA) is 60.2 Å². The fourth-order valence-corrected chi connectivity index (χ4v) is 2.31. The van der Waals surface area contributed by atoms with Crippen molar-refractivity contribution in [2.45, 2.75) is 31.7 Å². The summed E-state index contributed by atoms with van der Waals surface area (Å²) in [6, 6.07) is 4.49. The average Bonchev–Trinajstić information content (AvgIpc) is 2.77. The summed E-state index contributed by atoms with van der Waals surface area (Å²) in [6.07, 6.45) is 4.41. The minimum absolute atomic E-state index is 0.247. The number of nitrogens with one attached hydrogen (secondary N) is 1. The highest BCUT2D eigenvalue weighted by molar-refractivity contribution is 5.41. The number of fused-ring (bicyclic) bond motifs is 1. The quantitative estimate of drug-likeness (QED) is 0.781. The second kappa shape index (κ2) is 5.98. The van der Waals surface area contributed by atoms with Gasteiger partial charge in [0.2, 0.25) is 0 Å². The SMILES string of the molecule is COCC(CCN)Nc1ccc2c(n1)CCC2. The van der Waals surface area contributed by atoms with E-state index < -0.39 is 0 Å². The summed E-state index contributed by atoms with van der Waals surface area (Å²) in [5.41, 5.74) is 8.24. The highest BCUT2D eigenvalue weighted by Gasteiger charge is 2.14. The number of anilines is 1. The van der Waals surface area contributed by atoms with Crippen molar-refractivity contribution in [3.05, 3.63) is 23.4 Å². The van der Waals surface area contributed by atoms with Crippen LogP contribution in [0.3, 0.4) is 0 Å². The van der Waals surface area contributed by atoms with Gasteiger partial charge in [0, 0.05) is 12.8 Å². The molecule has 0 saturated heterocycles. The molecule has 4 nitrogen and oxygen atoms in total. The highest BCUT2D eigenvalue weighted by atomic mass is 16.5. The lowest BCUT2D eigenvalue weighted by Crippen LogP contribution is -2.28. The zero-order chi connectivity index (χ0) is 12.1. The van der Waals surface area contributed by atoms with Gasteiger partial charge in [-0.15, -0.1) is 0 Å². The molecule has 1 aliphatic rings. The summed E-state index contributed by atoms with van der Waals surface area (Å²) in [5.74, 6) is 0.946. The summed E-state index contributed by atoms with van der Waals surface area (Å²) >= 11 is 0. The third kappa shape index (κ3) is 3.17. The number of hydrogen-bond acceptors (Lipinski definition) is 4. The molecule has 0 aliphatic heterocycles. The predicted octanol–water partition coefficient (Wildman–Crippen LogP) is 1.35. The van der Waals surface area contributed by atoms with Crippen LogP contribution in [0.15, 0.2) is 12.1 Å². The molecule has 0 radical (unpaired) electrons. The maximum absolute atomic E-state index is 5.59. The summed E-state index contributed by atoms with van der Waals surface area (Å²) in [5, 5.41) is 3.39. The zero-order valence-corrected chi connectivity index (χ0v) is 10.4. The van der Waals surface area contributed by atoms with Crippen LogP contribution in [0.25, 0.3) is 0 Å². The molecule has 3 N–H and O–H groups in total. The molecule has 0 amide bonds. The van der Waals surface area contributed by atoms with Crippen molar-refractivity contribution < 1.29 is 4.74 Å². The van der Waals surface area contributed by atoms with Gasteiger partial charge in [0.05, 0.1) is 12.6 Å². The van der Waals surface area contributed by atoms with Gasteiger partial charge in [0.25, 0.3) is 0 Å². The first-order valence-corrected chi connectivity index (χ1v) is 6.28. The summed E-state index contributed by atoms with van der Waals surface area (Å²) in [7, 11) is 1.71. The molecular weight excluding hydrogens is 214 g/mol. The van der Waals surface area contributed by atoms with E-state index in [4.69, 9.17) is 10.5 Å². The van der Waals surface area contributed by atoms with Crippen LogP contribution in [0.2, 0.25) is 0 Å². The first kappa shape index (κ1) is 12.3. The molecule has 1 atom stereocenters. The largest absolute Gasteiger partial charge is 0.383 e. The monoisotopic (exact) mass is 235 g/mol. The van der Waals surface area contributed by atoms with Crippen molar-refractivity contribution >= 4 is 5.82 Å². The first-order valence-electron chi connectivity index (χ1n) is 6.28. The van der Waals surface area contributed by atoms with Gasteiger partial charge in [0.15, 0.2) is 0 Å². The number of hydrogen-bond donors (Lipinski definition) is 2. The third-order valence-electron chi connectivity index (χ3n) is 3.16. The number of methoxy groups -OCH3 is 1.